The zero-order valence-electron chi connectivity index (χ0n) is 37.0. The van der Waals surface area contributed by atoms with Gasteiger partial charge < -0.3 is 160 Å². The summed E-state index contributed by atoms with van der Waals surface area (Å²) < 4.78 is 68.4. The minimum atomic E-state index is -2.31. The van der Waals surface area contributed by atoms with Gasteiger partial charge in [0.05, 0.1) is 46.2 Å². The molecule has 0 amide bonds. The number of hydrogen-bond acceptors (Lipinski definition) is 32. The van der Waals surface area contributed by atoms with Crippen molar-refractivity contribution in [3.05, 3.63) is 0 Å². The van der Waals surface area contributed by atoms with Crippen molar-refractivity contribution in [1.29, 1.82) is 0 Å². The lowest BCUT2D eigenvalue weighted by Crippen LogP contribution is -2.69. The van der Waals surface area contributed by atoms with Crippen molar-refractivity contribution in [2.75, 3.05) is 52.8 Å². The molecule has 6 heterocycles. The molecule has 32 heteroatoms. The third-order valence-corrected chi connectivity index (χ3v) is 12.8. The first-order valence-corrected chi connectivity index (χ1v) is 22.3. The van der Waals surface area contributed by atoms with Crippen LogP contribution in [0.1, 0.15) is 0 Å². The van der Waals surface area contributed by atoms with E-state index in [2.05, 4.69) is 0 Å². The van der Waals surface area contributed by atoms with Crippen LogP contribution in [0.25, 0.3) is 0 Å². The lowest BCUT2D eigenvalue weighted by atomic mass is 9.95. The van der Waals surface area contributed by atoms with Crippen molar-refractivity contribution in [3.8, 4) is 0 Å². The van der Waals surface area contributed by atoms with Crippen LogP contribution in [0.3, 0.4) is 0 Å². The van der Waals surface area contributed by atoms with Crippen molar-refractivity contribution < 1.29 is 154 Å². The normalized spacial score (nSPS) is 51.6. The fraction of sp³-hybridized carbons (Fsp3) is 1.00. The monoisotopic (exact) mass is 1030 g/mol. The molecule has 0 saturated carbocycles. The van der Waals surface area contributed by atoms with Crippen molar-refractivity contribution in [1.82, 2.24) is 0 Å². The SMILES string of the molecule is NCCO[C@H]1OC(CO)[C@@H](O)[C@H](O)C1O[C@H]1OC(CO)[C@@H](O)[C@H](O)C1O[C@@H]1OC(CO)[C@@H](O)[C@H](O[C@H]2OC(CO)[C@@H](O)[C@H](O)C2O[C@H]2OC(CO)[C@@H](O)[C@H](O)C2O[C@@H]2OC(CO)[C@@H](O)[C@H](O)C2O)C1O. The van der Waals surface area contributed by atoms with E-state index >= 15 is 0 Å². The fourth-order valence-electron chi connectivity index (χ4n) is 8.73. The summed E-state index contributed by atoms with van der Waals surface area (Å²) in [6.45, 7) is -6.03. The first-order chi connectivity index (χ1) is 33.3. The maximum Gasteiger partial charge on any atom is 0.187 e. The Morgan fingerprint density at radius 2 is 0.529 bits per heavy atom. The van der Waals surface area contributed by atoms with Gasteiger partial charge in [0.2, 0.25) is 0 Å². The molecule has 0 aromatic carbocycles. The Morgan fingerprint density at radius 1 is 0.271 bits per heavy atom. The lowest BCUT2D eigenvalue weighted by Gasteiger charge is -2.50. The minimum Gasteiger partial charge on any atom is -0.394 e. The van der Waals surface area contributed by atoms with Crippen LogP contribution in [0.5, 0.6) is 0 Å². The largest absolute Gasteiger partial charge is 0.394 e. The average molecular weight is 1030 g/mol. The van der Waals surface area contributed by atoms with Crippen LogP contribution in [0, 0.1) is 0 Å². The predicted octanol–water partition coefficient (Wildman–Crippen LogP) is -14.1. The van der Waals surface area contributed by atoms with Crippen molar-refractivity contribution in [2.45, 2.75) is 184 Å². The molecule has 0 bridgehead atoms. The molecular weight excluding hydrogens is 966 g/mol. The summed E-state index contributed by atoms with van der Waals surface area (Å²) in [6, 6.07) is 0. The van der Waals surface area contributed by atoms with Gasteiger partial charge in [0.25, 0.3) is 0 Å². The molecule has 0 aromatic heterocycles. The molecule has 6 aliphatic rings. The molecule has 6 aliphatic heterocycles. The minimum absolute atomic E-state index is 0.0819. The van der Waals surface area contributed by atoms with Gasteiger partial charge >= 0.3 is 0 Å². The number of rotatable bonds is 19. The summed E-state index contributed by atoms with van der Waals surface area (Å²) in [4.78, 5) is 0. The molecule has 21 N–H and O–H groups in total. The van der Waals surface area contributed by atoms with Gasteiger partial charge in [0.1, 0.15) is 146 Å². The highest BCUT2D eigenvalue weighted by Crippen LogP contribution is 2.37. The van der Waals surface area contributed by atoms with Gasteiger partial charge in [0, 0.05) is 6.54 Å². The van der Waals surface area contributed by atoms with Crippen LogP contribution >= 0.6 is 0 Å². The molecule has 410 valence electrons. The highest BCUT2D eigenvalue weighted by Gasteiger charge is 2.58. The van der Waals surface area contributed by atoms with Gasteiger partial charge in [-0.2, -0.15) is 0 Å². The maximum atomic E-state index is 11.8. The molecule has 30 atom stereocenters. The molecule has 0 aromatic rings. The third kappa shape index (κ3) is 12.0. The summed E-state index contributed by atoms with van der Waals surface area (Å²) in [7, 11) is 0. The second kappa shape index (κ2) is 25.5. The van der Waals surface area contributed by atoms with E-state index < -0.39 is 224 Å². The van der Waals surface area contributed by atoms with Gasteiger partial charge in [-0.3, -0.25) is 0 Å². The van der Waals surface area contributed by atoms with Crippen molar-refractivity contribution in [3.63, 3.8) is 0 Å². The number of nitrogens with two attached hydrogens (primary N) is 1. The Balaban J connectivity index is 1.28. The molecular formula is C38H67NO31. The zero-order chi connectivity index (χ0) is 51.5. The average Bonchev–Trinajstić information content (AvgIpc) is 3.35. The second-order valence-electron chi connectivity index (χ2n) is 17.4. The Morgan fingerprint density at radius 3 is 0.871 bits per heavy atom. The topological polar surface area (TPSA) is 521 Å². The fourth-order valence-corrected chi connectivity index (χ4v) is 8.73. The second-order valence-corrected chi connectivity index (χ2v) is 17.4. The van der Waals surface area contributed by atoms with Crippen LogP contribution in [0.2, 0.25) is 0 Å². The van der Waals surface area contributed by atoms with E-state index in [1.807, 2.05) is 0 Å². The molecule has 6 saturated heterocycles. The standard InChI is InChI=1S/C38H67NO31/c39-1-2-59-35-29(22(53)16(47)10(4-41)62-35)69-37-31(24(55)18(49)12(6-43)64-37)68-34-27(58)28(20(51)14(8-45)61-34)66-36-32(25(56)19(50)11(5-42)63-36)70-38-30(23(54)17(48)13(7-44)65-38)67-33-26(57)21(52)15(46)9(3-40)60-33/h9-38,40-58H,1-8,39H2/t9?,10?,11?,12?,13?,14?,15-,16-,17-,18-,19-,20-,21+,22+,23+,24+,25+,26?,27?,28+,29?,30?,31?,32?,33+,34+,35+,36-,37-,38-/m1/s1. The molecule has 6 fully saturated rings. The van der Waals surface area contributed by atoms with Crippen LogP contribution < -0.4 is 5.73 Å². The highest BCUT2D eigenvalue weighted by molar-refractivity contribution is 5.00. The van der Waals surface area contributed by atoms with E-state index in [4.69, 9.17) is 62.6 Å². The molecule has 0 radical (unpaired) electrons. The summed E-state index contributed by atoms with van der Waals surface area (Å²) >= 11 is 0. The number of aliphatic hydroxyl groups is 19. The summed E-state index contributed by atoms with van der Waals surface area (Å²) in [6.07, 6.45) is -58.5. The van der Waals surface area contributed by atoms with E-state index in [1.54, 1.807) is 0 Å². The number of aliphatic hydroxyl groups excluding tert-OH is 19. The molecule has 0 aliphatic carbocycles. The van der Waals surface area contributed by atoms with Gasteiger partial charge in [-0.1, -0.05) is 0 Å². The molecule has 12 unspecified atom stereocenters. The summed E-state index contributed by atoms with van der Waals surface area (Å²) in [5.74, 6) is 0. The smallest absolute Gasteiger partial charge is 0.187 e. The summed E-state index contributed by atoms with van der Waals surface area (Å²) in [5, 5.41) is 203. The molecule has 6 rings (SSSR count). The Bertz CT molecular complexity index is 1570. The van der Waals surface area contributed by atoms with E-state index in [-0.39, 0.29) is 13.2 Å². The van der Waals surface area contributed by atoms with Gasteiger partial charge in [-0.25, -0.2) is 0 Å². The molecule has 70 heavy (non-hydrogen) atoms. The van der Waals surface area contributed by atoms with Crippen LogP contribution in [0.15, 0.2) is 0 Å². The van der Waals surface area contributed by atoms with Crippen LogP contribution in [-0.4, -0.2) is 334 Å². The van der Waals surface area contributed by atoms with Crippen LogP contribution in [0.4, 0.5) is 0 Å². The van der Waals surface area contributed by atoms with E-state index in [0.29, 0.717) is 0 Å². The Labute approximate surface area is 396 Å². The maximum absolute atomic E-state index is 11.8. The third-order valence-electron chi connectivity index (χ3n) is 12.8. The first kappa shape index (κ1) is 58.0. The lowest BCUT2D eigenvalue weighted by molar-refractivity contribution is -0.411. The molecule has 32 nitrogen and oxygen atoms in total. The number of ether oxygens (including phenoxy) is 12. The zero-order valence-corrected chi connectivity index (χ0v) is 37.0. The predicted molar refractivity (Wildman–Crippen MR) is 212 cm³/mol. The van der Waals surface area contributed by atoms with Crippen LogP contribution in [-0.2, 0) is 56.8 Å². The van der Waals surface area contributed by atoms with Crippen molar-refractivity contribution in [2.24, 2.45) is 5.73 Å². The molecule has 0 spiro atoms. The van der Waals surface area contributed by atoms with E-state index in [1.165, 1.54) is 0 Å². The van der Waals surface area contributed by atoms with Gasteiger partial charge in [-0.05, 0) is 0 Å². The Kier molecular flexibility index (Phi) is 21.1. The number of hydrogen-bond donors (Lipinski definition) is 20. The van der Waals surface area contributed by atoms with Crippen molar-refractivity contribution >= 4 is 0 Å². The van der Waals surface area contributed by atoms with E-state index in [0.717, 1.165) is 0 Å². The quantitative estimate of drug-likeness (QED) is 0.0571. The van der Waals surface area contributed by atoms with Gasteiger partial charge in [0.15, 0.2) is 37.7 Å². The summed E-state index contributed by atoms with van der Waals surface area (Å²) in [5.41, 5.74) is 5.55. The van der Waals surface area contributed by atoms with E-state index in [9.17, 15) is 97.0 Å². The Hall–Kier alpha value is -1.28. The highest BCUT2D eigenvalue weighted by atomic mass is 16.8. The van der Waals surface area contributed by atoms with Gasteiger partial charge in [-0.15, -0.1) is 0 Å². The first-order valence-electron chi connectivity index (χ1n) is 22.3.